The summed E-state index contributed by atoms with van der Waals surface area (Å²) in [5, 5.41) is 0. The Morgan fingerprint density at radius 3 is 1.05 bits per heavy atom. The van der Waals surface area contributed by atoms with Crippen molar-refractivity contribution in [3.8, 4) is 0 Å². The average Bonchev–Trinajstić information content (AvgIpc) is 3.22. The predicted octanol–water partition coefficient (Wildman–Crippen LogP) is 17.2. The van der Waals surface area contributed by atoms with Crippen molar-refractivity contribution in [1.29, 1.82) is 0 Å². The van der Waals surface area contributed by atoms with Gasteiger partial charge < -0.3 is 14.2 Å². The number of allylic oxidation sites excluding steroid dienone is 4. The molecule has 0 spiro atoms. The van der Waals surface area contributed by atoms with Crippen molar-refractivity contribution in [1.82, 2.24) is 0 Å². The first-order valence-electron chi connectivity index (χ1n) is 25.9. The molecule has 0 amide bonds. The summed E-state index contributed by atoms with van der Waals surface area (Å²) >= 11 is 0. The molecule has 0 saturated carbocycles. The van der Waals surface area contributed by atoms with E-state index in [0.717, 1.165) is 51.4 Å². The molecule has 0 aromatic heterocycles. The van der Waals surface area contributed by atoms with Gasteiger partial charge in [-0.15, -0.1) is 0 Å². The molecule has 0 aromatic rings. The lowest BCUT2D eigenvalue weighted by Crippen LogP contribution is -2.30. The minimum absolute atomic E-state index is 0.0866. The molecule has 1 unspecified atom stereocenters. The van der Waals surface area contributed by atoms with E-state index in [2.05, 4.69) is 45.1 Å². The molecule has 0 bridgehead atoms. The van der Waals surface area contributed by atoms with Crippen LogP contribution in [0.4, 0.5) is 0 Å². The van der Waals surface area contributed by atoms with Gasteiger partial charge in [0, 0.05) is 19.4 Å². The fourth-order valence-electron chi connectivity index (χ4n) is 7.56. The zero-order chi connectivity index (χ0) is 42.1. The van der Waals surface area contributed by atoms with Gasteiger partial charge in [0.15, 0.2) is 6.10 Å². The molecule has 0 radical (unpaired) electrons. The second-order valence-electron chi connectivity index (χ2n) is 17.4. The highest BCUT2D eigenvalue weighted by Gasteiger charge is 2.17. The van der Waals surface area contributed by atoms with Crippen LogP contribution in [0.1, 0.15) is 278 Å². The molecule has 0 aliphatic heterocycles. The van der Waals surface area contributed by atoms with Gasteiger partial charge in [-0.05, 0) is 70.6 Å². The molecular weight excluding hydrogens is 717 g/mol. The van der Waals surface area contributed by atoms with E-state index >= 15 is 0 Å². The van der Waals surface area contributed by atoms with Gasteiger partial charge in [0.25, 0.3) is 0 Å². The Bertz CT molecular complexity index is 882. The standard InChI is InChI=1S/C53H100O5/c1-4-7-10-13-16-19-21-23-25-26-27-28-30-31-33-35-37-40-43-46-52(54)57-50-51(49-56-48-45-42-39-18-15-12-9-6-3)58-53(55)47-44-41-38-36-34-32-29-24-22-20-17-14-11-8-5-2/h23-25,29,51H,4-22,26-28,30-50H2,1-3H3/b25-23-,29-24-. The minimum Gasteiger partial charge on any atom is -0.462 e. The Labute approximate surface area is 362 Å². The van der Waals surface area contributed by atoms with Crippen LogP contribution in [0.3, 0.4) is 0 Å². The summed E-state index contributed by atoms with van der Waals surface area (Å²) in [4.78, 5) is 25.3. The molecule has 0 rings (SSSR count). The lowest BCUT2D eigenvalue weighted by molar-refractivity contribution is -0.163. The average molecular weight is 817 g/mol. The van der Waals surface area contributed by atoms with Crippen LogP contribution in [-0.4, -0.2) is 37.9 Å². The summed E-state index contributed by atoms with van der Waals surface area (Å²) < 4.78 is 17.3. The van der Waals surface area contributed by atoms with Crippen molar-refractivity contribution in [3.05, 3.63) is 24.3 Å². The lowest BCUT2D eigenvalue weighted by Gasteiger charge is -2.18. The van der Waals surface area contributed by atoms with Crippen LogP contribution in [0.5, 0.6) is 0 Å². The zero-order valence-electron chi connectivity index (χ0n) is 39.3. The van der Waals surface area contributed by atoms with Crippen LogP contribution in [0.15, 0.2) is 24.3 Å². The highest BCUT2D eigenvalue weighted by atomic mass is 16.6. The van der Waals surface area contributed by atoms with E-state index < -0.39 is 6.10 Å². The molecule has 0 fully saturated rings. The number of unbranched alkanes of at least 4 members (excludes halogenated alkanes) is 33. The van der Waals surface area contributed by atoms with E-state index in [0.29, 0.717) is 19.4 Å². The van der Waals surface area contributed by atoms with Gasteiger partial charge in [-0.1, -0.05) is 218 Å². The van der Waals surface area contributed by atoms with E-state index in [1.54, 1.807) is 0 Å². The van der Waals surface area contributed by atoms with Crippen molar-refractivity contribution < 1.29 is 23.8 Å². The number of carbonyl (C=O) groups excluding carboxylic acids is 2. The van der Waals surface area contributed by atoms with Gasteiger partial charge in [-0.3, -0.25) is 9.59 Å². The van der Waals surface area contributed by atoms with Gasteiger partial charge >= 0.3 is 11.9 Å². The maximum absolute atomic E-state index is 12.7. The summed E-state index contributed by atoms with van der Waals surface area (Å²) in [5.74, 6) is -0.396. The molecule has 0 heterocycles. The summed E-state index contributed by atoms with van der Waals surface area (Å²) in [7, 11) is 0. The van der Waals surface area contributed by atoms with Gasteiger partial charge in [0.2, 0.25) is 0 Å². The summed E-state index contributed by atoms with van der Waals surface area (Å²) in [6, 6.07) is 0. The Morgan fingerprint density at radius 2 is 0.672 bits per heavy atom. The summed E-state index contributed by atoms with van der Waals surface area (Å²) in [6.45, 7) is 7.83. The molecule has 1 atom stereocenters. The third-order valence-corrected chi connectivity index (χ3v) is 11.5. The number of ether oxygens (including phenoxy) is 3. The maximum atomic E-state index is 12.7. The molecule has 342 valence electrons. The second-order valence-corrected chi connectivity index (χ2v) is 17.4. The fourth-order valence-corrected chi connectivity index (χ4v) is 7.56. The Hall–Kier alpha value is -1.62. The smallest absolute Gasteiger partial charge is 0.306 e. The third-order valence-electron chi connectivity index (χ3n) is 11.5. The van der Waals surface area contributed by atoms with Gasteiger partial charge in [0.05, 0.1) is 6.61 Å². The van der Waals surface area contributed by atoms with Gasteiger partial charge in [-0.2, -0.15) is 0 Å². The van der Waals surface area contributed by atoms with Crippen LogP contribution in [0, 0.1) is 0 Å². The molecule has 0 aromatic carbocycles. The molecular formula is C53H100O5. The normalized spacial score (nSPS) is 12.3. The Balaban J connectivity index is 4.12. The molecule has 5 heteroatoms. The zero-order valence-corrected chi connectivity index (χ0v) is 39.3. The van der Waals surface area contributed by atoms with Crippen molar-refractivity contribution in [2.24, 2.45) is 0 Å². The van der Waals surface area contributed by atoms with Gasteiger partial charge in [0.1, 0.15) is 6.61 Å². The topological polar surface area (TPSA) is 61.8 Å². The summed E-state index contributed by atoms with van der Waals surface area (Å²) in [6.07, 6.45) is 57.6. The molecule has 58 heavy (non-hydrogen) atoms. The second kappa shape index (κ2) is 49.7. The molecule has 5 nitrogen and oxygen atoms in total. The quantitative estimate of drug-likeness (QED) is 0.0348. The molecule has 0 aliphatic rings. The number of carbonyl (C=O) groups is 2. The largest absolute Gasteiger partial charge is 0.462 e. The van der Waals surface area contributed by atoms with E-state index in [1.165, 1.54) is 193 Å². The van der Waals surface area contributed by atoms with E-state index in [9.17, 15) is 9.59 Å². The minimum atomic E-state index is -0.533. The predicted molar refractivity (Wildman–Crippen MR) is 252 cm³/mol. The number of hydrogen-bond donors (Lipinski definition) is 0. The van der Waals surface area contributed by atoms with Crippen LogP contribution in [-0.2, 0) is 23.8 Å². The monoisotopic (exact) mass is 817 g/mol. The summed E-state index contributed by atoms with van der Waals surface area (Å²) in [5.41, 5.74) is 0. The first-order valence-corrected chi connectivity index (χ1v) is 25.9. The molecule has 0 aliphatic carbocycles. The number of esters is 2. The first kappa shape index (κ1) is 56.4. The Morgan fingerprint density at radius 1 is 0.362 bits per heavy atom. The van der Waals surface area contributed by atoms with Crippen molar-refractivity contribution >= 4 is 11.9 Å². The van der Waals surface area contributed by atoms with Crippen molar-refractivity contribution in [2.45, 2.75) is 284 Å². The van der Waals surface area contributed by atoms with Crippen LogP contribution in [0.25, 0.3) is 0 Å². The molecule has 0 saturated heterocycles. The maximum Gasteiger partial charge on any atom is 0.306 e. The van der Waals surface area contributed by atoms with Crippen LogP contribution in [0.2, 0.25) is 0 Å². The van der Waals surface area contributed by atoms with Crippen molar-refractivity contribution in [3.63, 3.8) is 0 Å². The molecule has 0 N–H and O–H groups in total. The number of rotatable bonds is 48. The Kier molecular flexibility index (Phi) is 48.4. The SMILES string of the molecule is CCCCCCCC/C=C\CCCCCCCCCCCC(=O)OCC(COCCCCCCCCCC)OC(=O)CCCCCCC/C=C\CCCCCCCC. The van der Waals surface area contributed by atoms with E-state index in [-0.39, 0.29) is 25.2 Å². The lowest BCUT2D eigenvalue weighted by atomic mass is 10.1. The van der Waals surface area contributed by atoms with Gasteiger partial charge in [-0.25, -0.2) is 0 Å². The van der Waals surface area contributed by atoms with E-state index in [1.807, 2.05) is 0 Å². The van der Waals surface area contributed by atoms with E-state index in [4.69, 9.17) is 14.2 Å². The highest BCUT2D eigenvalue weighted by Crippen LogP contribution is 2.15. The number of hydrogen-bond acceptors (Lipinski definition) is 5. The third kappa shape index (κ3) is 47.1. The fraction of sp³-hybridized carbons (Fsp3) is 0.887. The van der Waals surface area contributed by atoms with Crippen molar-refractivity contribution in [2.75, 3.05) is 19.8 Å². The van der Waals surface area contributed by atoms with Crippen LogP contribution >= 0.6 is 0 Å². The first-order chi connectivity index (χ1) is 28.6. The van der Waals surface area contributed by atoms with Crippen LogP contribution < -0.4 is 0 Å². The highest BCUT2D eigenvalue weighted by molar-refractivity contribution is 5.70.